The van der Waals surface area contributed by atoms with Crippen LogP contribution < -0.4 is 15.6 Å². The average Bonchev–Trinajstić information content (AvgIpc) is 2.89. The van der Waals surface area contributed by atoms with Crippen LogP contribution in [-0.2, 0) is 6.42 Å². The van der Waals surface area contributed by atoms with Gasteiger partial charge in [0, 0.05) is 24.4 Å². The van der Waals surface area contributed by atoms with Crippen molar-refractivity contribution in [2.24, 2.45) is 0 Å². The molecule has 0 saturated heterocycles. The topological polar surface area (TPSA) is 72.7 Å². The number of thiazole rings is 1. The first kappa shape index (κ1) is 18.9. The number of fused-ring (bicyclic) bond motifs is 1. The summed E-state index contributed by atoms with van der Waals surface area (Å²) in [6.45, 7) is 1.71. The summed E-state index contributed by atoms with van der Waals surface area (Å²) >= 11 is 1.19. The summed E-state index contributed by atoms with van der Waals surface area (Å²) in [5.74, 6) is -0.737. The molecule has 0 fully saturated rings. The number of benzene rings is 1. The largest absolute Gasteiger partial charge is 0.573 e. The van der Waals surface area contributed by atoms with E-state index in [1.165, 1.54) is 47.1 Å². The molecule has 0 saturated carbocycles. The fourth-order valence-electron chi connectivity index (χ4n) is 2.66. The second-order valence-electron chi connectivity index (χ2n) is 5.66. The second kappa shape index (κ2) is 7.03. The van der Waals surface area contributed by atoms with Crippen LogP contribution >= 0.6 is 11.3 Å². The normalized spacial score (nSPS) is 11.6. The fourth-order valence-corrected chi connectivity index (χ4v) is 3.65. The summed E-state index contributed by atoms with van der Waals surface area (Å²) in [6, 6.07) is 6.75. The number of amides is 1. The third kappa shape index (κ3) is 4.11. The Morgan fingerprint density at radius 1 is 1.33 bits per heavy atom. The summed E-state index contributed by atoms with van der Waals surface area (Å²) in [6.07, 6.45) is -4.63. The lowest BCUT2D eigenvalue weighted by Crippen LogP contribution is -2.25. The highest BCUT2D eigenvalue weighted by atomic mass is 32.1. The SMILES string of the molecule is CNC(=O)c1c(C)sc2nc(Cc3cccc(OC(F)(F)F)c3)cc(=O)n12. The number of nitrogens with one attached hydrogen (secondary N) is 1. The van der Waals surface area contributed by atoms with Crippen molar-refractivity contribution in [3.05, 3.63) is 62.5 Å². The molecule has 0 aliphatic heterocycles. The molecule has 2 heterocycles. The summed E-state index contributed by atoms with van der Waals surface area (Å²) in [5.41, 5.74) is 0.685. The first-order valence-corrected chi connectivity index (χ1v) is 8.58. The zero-order valence-corrected chi connectivity index (χ0v) is 15.1. The molecule has 0 aliphatic carbocycles. The highest BCUT2D eigenvalue weighted by Crippen LogP contribution is 2.24. The maximum Gasteiger partial charge on any atom is 0.573 e. The number of carbonyl (C=O) groups is 1. The number of halogens is 3. The van der Waals surface area contributed by atoms with Crippen LogP contribution in [0.1, 0.15) is 26.6 Å². The van der Waals surface area contributed by atoms with Crippen molar-refractivity contribution >= 4 is 22.2 Å². The number of ether oxygens (including phenoxy) is 1. The van der Waals surface area contributed by atoms with Gasteiger partial charge in [-0.05, 0) is 24.6 Å². The standard InChI is InChI=1S/C17H14F3N3O3S/c1-9-14(15(25)21-2)23-13(24)8-11(22-16(23)27-9)6-10-4-3-5-12(7-10)26-17(18,19)20/h3-5,7-8H,6H2,1-2H3,(H,21,25). The van der Waals surface area contributed by atoms with Gasteiger partial charge in [0.2, 0.25) is 0 Å². The molecule has 0 unspecified atom stereocenters. The number of rotatable bonds is 4. The monoisotopic (exact) mass is 397 g/mol. The van der Waals surface area contributed by atoms with Gasteiger partial charge in [-0.1, -0.05) is 12.1 Å². The van der Waals surface area contributed by atoms with E-state index in [9.17, 15) is 22.8 Å². The van der Waals surface area contributed by atoms with Gasteiger partial charge in [0.25, 0.3) is 11.5 Å². The van der Waals surface area contributed by atoms with Crippen LogP contribution in [0.25, 0.3) is 4.96 Å². The molecule has 1 amide bonds. The molecule has 0 bridgehead atoms. The van der Waals surface area contributed by atoms with Crippen LogP contribution in [0.2, 0.25) is 0 Å². The lowest BCUT2D eigenvalue weighted by atomic mass is 10.1. The van der Waals surface area contributed by atoms with E-state index in [1.807, 2.05) is 0 Å². The van der Waals surface area contributed by atoms with Crippen molar-refractivity contribution in [1.82, 2.24) is 14.7 Å². The molecule has 27 heavy (non-hydrogen) atoms. The molecule has 1 N–H and O–H groups in total. The van der Waals surface area contributed by atoms with Gasteiger partial charge in [-0.3, -0.25) is 9.59 Å². The minimum absolute atomic E-state index is 0.146. The van der Waals surface area contributed by atoms with E-state index >= 15 is 0 Å². The summed E-state index contributed by atoms with van der Waals surface area (Å²) in [7, 11) is 1.47. The Bertz CT molecular complexity index is 1070. The van der Waals surface area contributed by atoms with Crippen LogP contribution in [0, 0.1) is 6.92 Å². The van der Waals surface area contributed by atoms with Crippen molar-refractivity contribution in [1.29, 1.82) is 0 Å². The van der Waals surface area contributed by atoms with Crippen molar-refractivity contribution in [2.45, 2.75) is 19.7 Å². The van der Waals surface area contributed by atoms with Gasteiger partial charge >= 0.3 is 6.36 Å². The van der Waals surface area contributed by atoms with Gasteiger partial charge in [-0.2, -0.15) is 0 Å². The number of nitrogens with zero attached hydrogens (tertiary/aromatic N) is 2. The lowest BCUT2D eigenvalue weighted by molar-refractivity contribution is -0.274. The molecule has 0 spiro atoms. The molecule has 6 nitrogen and oxygen atoms in total. The predicted octanol–water partition coefficient (Wildman–Crippen LogP) is 2.91. The summed E-state index contributed by atoms with van der Waals surface area (Å²) < 4.78 is 42.2. The van der Waals surface area contributed by atoms with E-state index in [-0.39, 0.29) is 17.9 Å². The number of hydrogen-bond donors (Lipinski definition) is 1. The zero-order chi connectivity index (χ0) is 19.8. The first-order valence-electron chi connectivity index (χ1n) is 7.77. The summed E-state index contributed by atoms with van der Waals surface area (Å²) in [5, 5.41) is 2.48. The number of aryl methyl sites for hydroxylation is 1. The van der Waals surface area contributed by atoms with E-state index in [2.05, 4.69) is 15.0 Å². The maximum absolute atomic E-state index is 12.5. The predicted molar refractivity (Wildman–Crippen MR) is 93.4 cm³/mol. The third-order valence-electron chi connectivity index (χ3n) is 3.70. The van der Waals surface area contributed by atoms with E-state index in [1.54, 1.807) is 13.0 Å². The molecule has 0 radical (unpaired) electrons. The van der Waals surface area contributed by atoms with Crippen LogP contribution in [0.15, 0.2) is 35.1 Å². The molecule has 0 atom stereocenters. The molecule has 3 rings (SSSR count). The number of carbonyl (C=O) groups excluding carboxylic acids is 1. The van der Waals surface area contributed by atoms with E-state index in [0.717, 1.165) is 0 Å². The first-order chi connectivity index (χ1) is 12.7. The molecular weight excluding hydrogens is 383 g/mol. The summed E-state index contributed by atoms with van der Waals surface area (Å²) in [4.78, 5) is 29.8. The number of alkyl halides is 3. The van der Waals surface area contributed by atoms with Gasteiger partial charge in [0.1, 0.15) is 11.4 Å². The van der Waals surface area contributed by atoms with Crippen LogP contribution in [0.3, 0.4) is 0 Å². The van der Waals surface area contributed by atoms with Gasteiger partial charge in [-0.15, -0.1) is 24.5 Å². The molecule has 2 aromatic heterocycles. The fraction of sp³-hybridized carbons (Fsp3) is 0.235. The average molecular weight is 397 g/mol. The molecule has 1 aromatic carbocycles. The Kier molecular flexibility index (Phi) is 4.92. The molecular formula is C17H14F3N3O3S. The van der Waals surface area contributed by atoms with Gasteiger partial charge in [0.15, 0.2) is 4.96 Å². The lowest BCUT2D eigenvalue weighted by Gasteiger charge is -2.10. The Balaban J connectivity index is 1.96. The van der Waals surface area contributed by atoms with Crippen molar-refractivity contribution < 1.29 is 22.7 Å². The quantitative estimate of drug-likeness (QED) is 0.735. The number of aromatic nitrogens is 2. The van der Waals surface area contributed by atoms with E-state index in [4.69, 9.17) is 0 Å². The second-order valence-corrected chi connectivity index (χ2v) is 6.84. The minimum atomic E-state index is -4.78. The van der Waals surface area contributed by atoms with Crippen LogP contribution in [0.4, 0.5) is 13.2 Å². The maximum atomic E-state index is 12.5. The molecule has 142 valence electrons. The van der Waals surface area contributed by atoms with Gasteiger partial charge in [0.05, 0.1) is 5.69 Å². The highest BCUT2D eigenvalue weighted by molar-refractivity contribution is 7.17. The van der Waals surface area contributed by atoms with Gasteiger partial charge < -0.3 is 10.1 Å². The Hall–Kier alpha value is -2.88. The van der Waals surface area contributed by atoms with Crippen LogP contribution in [-0.4, -0.2) is 28.7 Å². The Morgan fingerprint density at radius 3 is 2.74 bits per heavy atom. The van der Waals surface area contributed by atoms with Crippen molar-refractivity contribution in [3.63, 3.8) is 0 Å². The smallest absolute Gasteiger partial charge is 0.406 e. The van der Waals surface area contributed by atoms with Crippen molar-refractivity contribution in [3.8, 4) is 5.75 Å². The zero-order valence-electron chi connectivity index (χ0n) is 14.3. The minimum Gasteiger partial charge on any atom is -0.406 e. The Labute approximate surface area is 155 Å². The number of hydrogen-bond acceptors (Lipinski definition) is 5. The molecule has 0 aliphatic rings. The highest BCUT2D eigenvalue weighted by Gasteiger charge is 2.31. The van der Waals surface area contributed by atoms with E-state index in [0.29, 0.717) is 21.1 Å². The van der Waals surface area contributed by atoms with Crippen molar-refractivity contribution in [2.75, 3.05) is 7.05 Å². The molecule has 3 aromatic rings. The van der Waals surface area contributed by atoms with Crippen LogP contribution in [0.5, 0.6) is 5.75 Å². The van der Waals surface area contributed by atoms with E-state index < -0.39 is 17.8 Å². The molecule has 10 heteroatoms. The third-order valence-corrected chi connectivity index (χ3v) is 4.66. The van der Waals surface area contributed by atoms with Gasteiger partial charge in [-0.25, -0.2) is 9.38 Å². The Morgan fingerprint density at radius 2 is 2.07 bits per heavy atom.